The number of alkyl halides is 3. The molecule has 0 saturated carbocycles. The molecule has 3 aromatic carbocycles. The maximum Gasteiger partial charge on any atom is 0.416 e. The Morgan fingerprint density at radius 3 is 2.30 bits per heavy atom. The summed E-state index contributed by atoms with van der Waals surface area (Å²) in [5.41, 5.74) is -0.643. The normalized spacial score (nSPS) is 11.6. The lowest BCUT2D eigenvalue weighted by Crippen LogP contribution is -2.38. The minimum absolute atomic E-state index is 0.181. The highest BCUT2D eigenvalue weighted by atomic mass is 35.5. The van der Waals surface area contributed by atoms with Gasteiger partial charge in [-0.05, 0) is 67.9 Å². The van der Waals surface area contributed by atoms with Gasteiger partial charge in [0, 0.05) is 5.69 Å². The SMILES string of the molecule is CCOC(=O)c1ccc(NC(=O)CN(c2cc(C(F)(F)F)ccc2Cl)S(=O)(=O)c2ccccc2)c(C)c1. The zero-order valence-corrected chi connectivity index (χ0v) is 21.2. The van der Waals surface area contributed by atoms with Crippen LogP contribution in [0.15, 0.2) is 71.6 Å². The van der Waals surface area contributed by atoms with Crippen LogP contribution in [0.1, 0.15) is 28.4 Å². The molecule has 0 aliphatic heterocycles. The van der Waals surface area contributed by atoms with Crippen molar-refractivity contribution < 1.29 is 35.9 Å². The molecule has 1 amide bonds. The van der Waals surface area contributed by atoms with Gasteiger partial charge in [-0.1, -0.05) is 29.8 Å². The number of hydrogen-bond acceptors (Lipinski definition) is 5. The van der Waals surface area contributed by atoms with Crippen molar-refractivity contribution in [3.63, 3.8) is 0 Å². The van der Waals surface area contributed by atoms with E-state index in [0.717, 1.165) is 6.07 Å². The highest BCUT2D eigenvalue weighted by Gasteiger charge is 2.34. The van der Waals surface area contributed by atoms with Crippen LogP contribution in [0, 0.1) is 6.92 Å². The lowest BCUT2D eigenvalue weighted by atomic mass is 10.1. The molecule has 7 nitrogen and oxygen atoms in total. The van der Waals surface area contributed by atoms with E-state index in [0.29, 0.717) is 22.0 Å². The molecule has 0 atom stereocenters. The van der Waals surface area contributed by atoms with Gasteiger partial charge < -0.3 is 10.1 Å². The summed E-state index contributed by atoms with van der Waals surface area (Å²) in [7, 11) is -4.50. The first kappa shape index (κ1) is 28.0. The molecule has 0 radical (unpaired) electrons. The predicted molar refractivity (Wildman–Crippen MR) is 133 cm³/mol. The lowest BCUT2D eigenvalue weighted by Gasteiger charge is -2.26. The van der Waals surface area contributed by atoms with Crippen LogP contribution in [0.25, 0.3) is 0 Å². The first-order chi connectivity index (χ1) is 17.3. The number of amides is 1. The van der Waals surface area contributed by atoms with Crippen molar-refractivity contribution >= 4 is 44.9 Å². The molecule has 3 aromatic rings. The number of rotatable bonds is 8. The second-order valence-corrected chi connectivity index (χ2v) is 10.1. The van der Waals surface area contributed by atoms with Gasteiger partial charge in [0.05, 0.1) is 33.3 Å². The van der Waals surface area contributed by atoms with Crippen LogP contribution in [0.3, 0.4) is 0 Å². The largest absolute Gasteiger partial charge is 0.462 e. The minimum atomic E-state index is -4.78. The highest BCUT2D eigenvalue weighted by molar-refractivity contribution is 7.92. The fraction of sp³-hybridized carbons (Fsp3) is 0.200. The predicted octanol–water partition coefficient (Wildman–Crippen LogP) is 5.68. The van der Waals surface area contributed by atoms with Gasteiger partial charge in [0.2, 0.25) is 5.91 Å². The monoisotopic (exact) mass is 554 g/mol. The van der Waals surface area contributed by atoms with Crippen LogP contribution in [0.2, 0.25) is 5.02 Å². The average molecular weight is 555 g/mol. The number of carbonyl (C=O) groups is 2. The Balaban J connectivity index is 1.99. The summed E-state index contributed by atoms with van der Waals surface area (Å²) in [5, 5.41) is 2.24. The van der Waals surface area contributed by atoms with Gasteiger partial charge in [-0.2, -0.15) is 13.2 Å². The van der Waals surface area contributed by atoms with Gasteiger partial charge in [-0.25, -0.2) is 13.2 Å². The molecule has 0 fully saturated rings. The summed E-state index contributed by atoms with van der Waals surface area (Å²) in [4.78, 5) is 24.7. The molecule has 0 spiro atoms. The summed E-state index contributed by atoms with van der Waals surface area (Å²) in [6, 6.07) is 13.5. The third kappa shape index (κ3) is 6.60. The first-order valence-corrected chi connectivity index (χ1v) is 12.7. The van der Waals surface area contributed by atoms with Crippen molar-refractivity contribution in [2.24, 2.45) is 0 Å². The molecular weight excluding hydrogens is 533 g/mol. The van der Waals surface area contributed by atoms with Crippen LogP contribution in [-0.4, -0.2) is 33.4 Å². The fourth-order valence-corrected chi connectivity index (χ4v) is 5.09. The zero-order valence-electron chi connectivity index (χ0n) is 19.7. The van der Waals surface area contributed by atoms with Crippen LogP contribution in [-0.2, 0) is 25.7 Å². The number of anilines is 2. The van der Waals surface area contributed by atoms with Crippen LogP contribution in [0.4, 0.5) is 24.5 Å². The third-order valence-corrected chi connectivity index (χ3v) is 7.27. The highest BCUT2D eigenvalue weighted by Crippen LogP contribution is 2.37. The molecule has 3 rings (SSSR count). The van der Waals surface area contributed by atoms with Crippen molar-refractivity contribution in [1.29, 1.82) is 0 Å². The van der Waals surface area contributed by atoms with E-state index in [4.69, 9.17) is 16.3 Å². The number of nitrogens with one attached hydrogen (secondary N) is 1. The van der Waals surface area contributed by atoms with E-state index in [1.54, 1.807) is 19.9 Å². The molecule has 37 heavy (non-hydrogen) atoms. The van der Waals surface area contributed by atoms with E-state index in [1.165, 1.54) is 42.5 Å². The number of esters is 1. The number of aryl methyl sites for hydroxylation is 1. The lowest BCUT2D eigenvalue weighted by molar-refractivity contribution is -0.137. The fourth-order valence-electron chi connectivity index (χ4n) is 3.36. The second kappa shape index (κ2) is 11.2. The Kier molecular flexibility index (Phi) is 8.49. The molecule has 0 bridgehead atoms. The van der Waals surface area contributed by atoms with Crippen molar-refractivity contribution in [1.82, 2.24) is 0 Å². The summed E-state index contributed by atoms with van der Waals surface area (Å²) in [6.07, 6.45) is -4.78. The van der Waals surface area contributed by atoms with Crippen LogP contribution in [0.5, 0.6) is 0 Å². The molecule has 0 aromatic heterocycles. The average Bonchev–Trinajstić information content (AvgIpc) is 2.84. The first-order valence-electron chi connectivity index (χ1n) is 10.9. The van der Waals surface area contributed by atoms with Crippen molar-refractivity contribution in [2.45, 2.75) is 24.9 Å². The van der Waals surface area contributed by atoms with Gasteiger partial charge >= 0.3 is 12.1 Å². The Labute approximate surface area is 216 Å². The summed E-state index contributed by atoms with van der Waals surface area (Å²) in [5.74, 6) is -1.40. The number of benzene rings is 3. The molecule has 0 saturated heterocycles. The van der Waals surface area contributed by atoms with Crippen molar-refractivity contribution in [2.75, 3.05) is 22.8 Å². The van der Waals surface area contributed by atoms with E-state index in [-0.39, 0.29) is 27.8 Å². The third-order valence-electron chi connectivity index (χ3n) is 5.17. The molecular formula is C25H22ClF3N2O5S. The van der Waals surface area contributed by atoms with Crippen LogP contribution < -0.4 is 9.62 Å². The Bertz CT molecular complexity index is 1410. The quantitative estimate of drug-likeness (QED) is 0.362. The van der Waals surface area contributed by atoms with Crippen molar-refractivity contribution in [3.05, 3.63) is 88.4 Å². The Morgan fingerprint density at radius 2 is 1.70 bits per heavy atom. The van der Waals surface area contributed by atoms with E-state index in [1.807, 2.05) is 0 Å². The van der Waals surface area contributed by atoms with Gasteiger partial charge in [-0.3, -0.25) is 9.10 Å². The standard InChI is InChI=1S/C25H22ClF3N2O5S/c1-3-36-24(33)17-9-12-21(16(2)13-17)30-23(32)15-31(37(34,35)19-7-5-4-6-8-19)22-14-18(25(27,28)29)10-11-20(22)26/h4-14H,3,15H2,1-2H3,(H,30,32). The number of halogens is 4. The summed E-state index contributed by atoms with van der Waals surface area (Å²) < 4.78 is 72.5. The van der Waals surface area contributed by atoms with Crippen LogP contribution >= 0.6 is 11.6 Å². The molecule has 0 heterocycles. The van der Waals surface area contributed by atoms with E-state index in [2.05, 4.69) is 5.32 Å². The molecule has 0 unspecified atom stereocenters. The molecule has 1 N–H and O–H groups in total. The maximum atomic E-state index is 13.4. The number of nitrogens with zero attached hydrogens (tertiary/aromatic N) is 1. The van der Waals surface area contributed by atoms with Crippen molar-refractivity contribution in [3.8, 4) is 0 Å². The zero-order chi connectivity index (χ0) is 27.4. The Hall–Kier alpha value is -3.57. The van der Waals surface area contributed by atoms with Gasteiger partial charge in [0.15, 0.2) is 0 Å². The summed E-state index contributed by atoms with van der Waals surface area (Å²) >= 11 is 6.13. The van der Waals surface area contributed by atoms with E-state index >= 15 is 0 Å². The topological polar surface area (TPSA) is 92.8 Å². The molecule has 0 aliphatic carbocycles. The smallest absolute Gasteiger partial charge is 0.416 e. The van der Waals surface area contributed by atoms with E-state index in [9.17, 15) is 31.2 Å². The molecule has 12 heteroatoms. The minimum Gasteiger partial charge on any atom is -0.462 e. The molecule has 0 aliphatic rings. The molecule has 196 valence electrons. The number of carbonyl (C=O) groups excluding carboxylic acids is 2. The second-order valence-electron chi connectivity index (χ2n) is 7.79. The number of hydrogen-bond donors (Lipinski definition) is 1. The number of sulfonamides is 1. The number of ether oxygens (including phenoxy) is 1. The van der Waals surface area contributed by atoms with Gasteiger partial charge in [0.25, 0.3) is 10.0 Å². The van der Waals surface area contributed by atoms with Gasteiger partial charge in [-0.15, -0.1) is 0 Å². The summed E-state index contributed by atoms with van der Waals surface area (Å²) in [6.45, 7) is 2.57. The van der Waals surface area contributed by atoms with E-state index < -0.39 is 45.9 Å². The maximum absolute atomic E-state index is 13.4. The Morgan fingerprint density at radius 1 is 1.03 bits per heavy atom. The van der Waals surface area contributed by atoms with Gasteiger partial charge in [0.1, 0.15) is 6.54 Å².